The zero-order valence-electron chi connectivity index (χ0n) is 11.1. The first-order chi connectivity index (χ1) is 8.15. The quantitative estimate of drug-likeness (QED) is 0.802. The molecular formula is C15H23NO. The van der Waals surface area contributed by atoms with Crippen LogP contribution >= 0.6 is 0 Å². The van der Waals surface area contributed by atoms with Gasteiger partial charge in [-0.15, -0.1) is 0 Å². The van der Waals surface area contributed by atoms with E-state index < -0.39 is 0 Å². The summed E-state index contributed by atoms with van der Waals surface area (Å²) in [6, 6.07) is 10.0. The van der Waals surface area contributed by atoms with Gasteiger partial charge in [0, 0.05) is 6.54 Å². The molecule has 17 heavy (non-hydrogen) atoms. The second-order valence-corrected chi connectivity index (χ2v) is 4.89. The van der Waals surface area contributed by atoms with E-state index >= 15 is 0 Å². The van der Waals surface area contributed by atoms with Gasteiger partial charge >= 0.3 is 0 Å². The van der Waals surface area contributed by atoms with Crippen molar-refractivity contribution >= 4 is 5.91 Å². The molecule has 94 valence electrons. The van der Waals surface area contributed by atoms with Gasteiger partial charge in [-0.05, 0) is 17.9 Å². The molecule has 0 saturated heterocycles. The Morgan fingerprint density at radius 2 is 1.88 bits per heavy atom. The second kappa shape index (κ2) is 7.10. The number of nitrogens with one attached hydrogen (secondary N) is 1. The van der Waals surface area contributed by atoms with Gasteiger partial charge in [-0.3, -0.25) is 4.79 Å². The molecule has 0 heterocycles. The molecule has 1 amide bonds. The summed E-state index contributed by atoms with van der Waals surface area (Å²) in [7, 11) is 0. The summed E-state index contributed by atoms with van der Waals surface area (Å²) in [5.74, 6) is 0.656. The largest absolute Gasteiger partial charge is 0.355 e. The molecular weight excluding hydrogens is 210 g/mol. The molecule has 0 aliphatic carbocycles. The minimum Gasteiger partial charge on any atom is -0.355 e. The van der Waals surface area contributed by atoms with Crippen molar-refractivity contribution in [3.8, 4) is 0 Å². The van der Waals surface area contributed by atoms with Gasteiger partial charge in [-0.25, -0.2) is 0 Å². The molecule has 1 rings (SSSR count). The van der Waals surface area contributed by atoms with E-state index in [9.17, 15) is 4.79 Å². The average molecular weight is 233 g/mol. The van der Waals surface area contributed by atoms with Crippen LogP contribution in [0.25, 0.3) is 0 Å². The molecule has 1 aromatic carbocycles. The maximum absolute atomic E-state index is 12.1. The van der Waals surface area contributed by atoms with Crippen LogP contribution in [0.5, 0.6) is 0 Å². The van der Waals surface area contributed by atoms with Crippen LogP contribution in [0.1, 0.15) is 45.1 Å². The molecule has 1 N–H and O–H groups in total. The van der Waals surface area contributed by atoms with Gasteiger partial charge in [0.05, 0.1) is 5.92 Å². The van der Waals surface area contributed by atoms with Gasteiger partial charge < -0.3 is 5.32 Å². The predicted octanol–water partition coefficient (Wildman–Crippen LogP) is 3.34. The van der Waals surface area contributed by atoms with E-state index in [1.54, 1.807) is 0 Å². The Hall–Kier alpha value is -1.31. The summed E-state index contributed by atoms with van der Waals surface area (Å²) >= 11 is 0. The van der Waals surface area contributed by atoms with Gasteiger partial charge in [-0.2, -0.15) is 0 Å². The van der Waals surface area contributed by atoms with E-state index in [4.69, 9.17) is 0 Å². The Bertz CT molecular complexity index is 332. The number of carbonyl (C=O) groups excluding carboxylic acids is 1. The van der Waals surface area contributed by atoms with Gasteiger partial charge in [0.15, 0.2) is 0 Å². The highest BCUT2D eigenvalue weighted by atomic mass is 16.1. The Morgan fingerprint density at radius 3 is 2.41 bits per heavy atom. The average Bonchev–Trinajstić information content (AvgIpc) is 2.34. The van der Waals surface area contributed by atoms with E-state index in [2.05, 4.69) is 26.1 Å². The number of hydrogen-bond acceptors (Lipinski definition) is 1. The van der Waals surface area contributed by atoms with E-state index in [1.807, 2.05) is 30.3 Å². The first-order valence-electron chi connectivity index (χ1n) is 6.47. The zero-order chi connectivity index (χ0) is 12.7. The molecule has 0 aliphatic rings. The van der Waals surface area contributed by atoms with Crippen LogP contribution in [0.3, 0.4) is 0 Å². The molecule has 2 nitrogen and oxygen atoms in total. The van der Waals surface area contributed by atoms with E-state index in [0.29, 0.717) is 5.92 Å². The molecule has 0 aliphatic heterocycles. The van der Waals surface area contributed by atoms with Crippen molar-refractivity contribution in [3.05, 3.63) is 35.9 Å². The maximum atomic E-state index is 12.1. The number of benzene rings is 1. The lowest BCUT2D eigenvalue weighted by atomic mass is 9.93. The highest BCUT2D eigenvalue weighted by Gasteiger charge is 2.19. The number of carbonyl (C=O) groups is 1. The summed E-state index contributed by atoms with van der Waals surface area (Å²) in [5.41, 5.74) is 1.12. The van der Waals surface area contributed by atoms with Gasteiger partial charge in [-0.1, -0.05) is 57.5 Å². The van der Waals surface area contributed by atoms with E-state index in [-0.39, 0.29) is 11.8 Å². The lowest BCUT2D eigenvalue weighted by Crippen LogP contribution is -2.32. The molecule has 0 fully saturated rings. The fourth-order valence-electron chi connectivity index (χ4n) is 1.85. The van der Waals surface area contributed by atoms with Crippen molar-refractivity contribution in [2.45, 2.75) is 39.5 Å². The van der Waals surface area contributed by atoms with Gasteiger partial charge in [0.2, 0.25) is 5.91 Å². The number of amides is 1. The molecule has 0 bridgehead atoms. The minimum atomic E-state index is -0.0000463. The van der Waals surface area contributed by atoms with Crippen molar-refractivity contribution < 1.29 is 4.79 Å². The molecule has 2 heteroatoms. The Morgan fingerprint density at radius 1 is 1.24 bits per heavy atom. The van der Waals surface area contributed by atoms with Gasteiger partial charge in [0.25, 0.3) is 0 Å². The molecule has 1 atom stereocenters. The number of rotatable bonds is 6. The topological polar surface area (TPSA) is 29.1 Å². The van der Waals surface area contributed by atoms with Crippen LogP contribution in [0, 0.1) is 5.92 Å². The lowest BCUT2D eigenvalue weighted by molar-refractivity contribution is -0.122. The van der Waals surface area contributed by atoms with Crippen molar-refractivity contribution in [3.63, 3.8) is 0 Å². The third-order valence-corrected chi connectivity index (χ3v) is 2.78. The smallest absolute Gasteiger partial charge is 0.227 e. The van der Waals surface area contributed by atoms with Gasteiger partial charge in [0.1, 0.15) is 0 Å². The first-order valence-corrected chi connectivity index (χ1v) is 6.47. The zero-order valence-corrected chi connectivity index (χ0v) is 11.1. The highest BCUT2D eigenvalue weighted by Crippen LogP contribution is 2.21. The summed E-state index contributed by atoms with van der Waals surface area (Å²) in [4.78, 5) is 12.1. The first kappa shape index (κ1) is 13.8. The lowest BCUT2D eigenvalue weighted by Gasteiger charge is -2.17. The summed E-state index contributed by atoms with van der Waals surface area (Å²) < 4.78 is 0. The van der Waals surface area contributed by atoms with Crippen LogP contribution in [-0.2, 0) is 4.79 Å². The standard InChI is InChI=1S/C15H23NO/c1-4-8-14(13-9-6-5-7-10-13)15(17)16-11-12(2)3/h5-7,9-10,12,14H,4,8,11H2,1-3H3,(H,16,17)/t14-/m0/s1. The SMILES string of the molecule is CCC[C@H](C(=O)NCC(C)C)c1ccccc1. The molecule has 0 spiro atoms. The third kappa shape index (κ3) is 4.59. The van der Waals surface area contributed by atoms with Crippen LogP contribution in [-0.4, -0.2) is 12.5 Å². The van der Waals surface area contributed by atoms with Crippen LogP contribution in [0.15, 0.2) is 30.3 Å². The molecule has 0 unspecified atom stereocenters. The Labute approximate surface area is 104 Å². The fourth-order valence-corrected chi connectivity index (χ4v) is 1.85. The molecule has 0 radical (unpaired) electrons. The van der Waals surface area contributed by atoms with Crippen LogP contribution < -0.4 is 5.32 Å². The van der Waals surface area contributed by atoms with Crippen molar-refractivity contribution in [2.24, 2.45) is 5.92 Å². The van der Waals surface area contributed by atoms with E-state index in [0.717, 1.165) is 24.9 Å². The van der Waals surface area contributed by atoms with Crippen LogP contribution in [0.4, 0.5) is 0 Å². The predicted molar refractivity (Wildman–Crippen MR) is 71.9 cm³/mol. The van der Waals surface area contributed by atoms with Crippen LogP contribution in [0.2, 0.25) is 0 Å². The number of hydrogen-bond donors (Lipinski definition) is 1. The molecule has 0 aromatic heterocycles. The molecule has 1 aromatic rings. The summed E-state index contributed by atoms with van der Waals surface area (Å²) in [6.45, 7) is 7.09. The second-order valence-electron chi connectivity index (χ2n) is 4.89. The summed E-state index contributed by atoms with van der Waals surface area (Å²) in [6.07, 6.45) is 1.93. The normalized spacial score (nSPS) is 12.5. The van der Waals surface area contributed by atoms with Crippen molar-refractivity contribution in [2.75, 3.05) is 6.54 Å². The fraction of sp³-hybridized carbons (Fsp3) is 0.533. The Kier molecular flexibility index (Phi) is 5.75. The monoisotopic (exact) mass is 233 g/mol. The van der Waals surface area contributed by atoms with Crippen molar-refractivity contribution in [1.82, 2.24) is 5.32 Å². The molecule has 0 saturated carbocycles. The Balaban J connectivity index is 2.69. The highest BCUT2D eigenvalue weighted by molar-refractivity contribution is 5.83. The third-order valence-electron chi connectivity index (χ3n) is 2.78. The summed E-state index contributed by atoms with van der Waals surface area (Å²) in [5, 5.41) is 3.03. The van der Waals surface area contributed by atoms with Crippen molar-refractivity contribution in [1.29, 1.82) is 0 Å². The van der Waals surface area contributed by atoms with E-state index in [1.165, 1.54) is 0 Å². The maximum Gasteiger partial charge on any atom is 0.227 e. The minimum absolute atomic E-state index is 0.0000463.